The molecule has 1 rings (SSSR count). The van der Waals surface area contributed by atoms with Gasteiger partial charge < -0.3 is 5.32 Å². The van der Waals surface area contributed by atoms with Crippen LogP contribution < -0.4 is 5.32 Å². The first-order chi connectivity index (χ1) is 6.77. The molecule has 3 heteroatoms. The topological polar surface area (TPSA) is 35.8 Å². The Morgan fingerprint density at radius 2 is 2.29 bits per heavy atom. The summed E-state index contributed by atoms with van der Waals surface area (Å²) < 4.78 is 0.797. The number of nitrogens with zero attached hydrogens (tertiary/aromatic N) is 1. The molecule has 0 aliphatic carbocycles. The Labute approximate surface area is 92.1 Å². The highest BCUT2D eigenvalue weighted by Gasteiger charge is 1.99. The second-order valence-corrected chi connectivity index (χ2v) is 3.54. The normalized spacial score (nSPS) is 8.79. The fourth-order valence-corrected chi connectivity index (χ4v) is 1.46. The fourth-order valence-electron chi connectivity index (χ4n) is 0.995. The number of hydrogen-bond donors (Lipinski definition) is 1. The molecule has 0 atom stereocenters. The molecule has 0 unspecified atom stereocenters. The van der Waals surface area contributed by atoms with Gasteiger partial charge in [0.05, 0.1) is 5.56 Å². The fraction of sp³-hybridized carbons (Fsp3) is 0.182. The highest BCUT2D eigenvalue weighted by Crippen LogP contribution is 2.20. The minimum absolute atomic E-state index is 0.632. The zero-order chi connectivity index (χ0) is 10.4. The van der Waals surface area contributed by atoms with E-state index in [0.29, 0.717) is 12.0 Å². The summed E-state index contributed by atoms with van der Waals surface area (Å²) >= 11 is 3.31. The van der Waals surface area contributed by atoms with Crippen LogP contribution in [0.2, 0.25) is 0 Å². The van der Waals surface area contributed by atoms with E-state index in [4.69, 9.17) is 11.7 Å². The lowest BCUT2D eigenvalue weighted by molar-refractivity contribution is 1.10. The van der Waals surface area contributed by atoms with Crippen LogP contribution in [0.15, 0.2) is 22.7 Å². The second kappa shape index (κ2) is 5.32. The third-order valence-corrected chi connectivity index (χ3v) is 2.34. The quantitative estimate of drug-likeness (QED) is 0.660. The number of terminal acetylenes is 1. The van der Waals surface area contributed by atoms with Gasteiger partial charge in [-0.2, -0.15) is 5.26 Å². The maximum Gasteiger partial charge on any atom is 0.100 e. The number of rotatable bonds is 3. The molecule has 1 aromatic rings. The van der Waals surface area contributed by atoms with E-state index < -0.39 is 0 Å². The monoisotopic (exact) mass is 248 g/mol. The Morgan fingerprint density at radius 3 is 2.86 bits per heavy atom. The van der Waals surface area contributed by atoms with Crippen LogP contribution in [0.3, 0.4) is 0 Å². The Balaban J connectivity index is 2.69. The predicted octanol–water partition coefficient (Wildman–Crippen LogP) is 2.76. The van der Waals surface area contributed by atoms with E-state index in [1.54, 1.807) is 6.07 Å². The Bertz CT molecular complexity index is 399. The number of anilines is 1. The van der Waals surface area contributed by atoms with E-state index in [9.17, 15) is 0 Å². The summed E-state index contributed by atoms with van der Waals surface area (Å²) in [6, 6.07) is 7.58. The van der Waals surface area contributed by atoms with Gasteiger partial charge in [-0.3, -0.25) is 0 Å². The molecule has 0 saturated heterocycles. The first kappa shape index (κ1) is 10.6. The van der Waals surface area contributed by atoms with Gasteiger partial charge in [0.15, 0.2) is 0 Å². The Kier molecular flexibility index (Phi) is 4.04. The first-order valence-corrected chi connectivity index (χ1v) is 4.94. The molecule has 1 aromatic carbocycles. The van der Waals surface area contributed by atoms with Crippen LogP contribution in [0.25, 0.3) is 0 Å². The van der Waals surface area contributed by atoms with Gasteiger partial charge in [-0.25, -0.2) is 0 Å². The molecule has 0 radical (unpaired) electrons. The Morgan fingerprint density at radius 1 is 1.50 bits per heavy atom. The van der Waals surface area contributed by atoms with Crippen LogP contribution in [0, 0.1) is 23.7 Å². The van der Waals surface area contributed by atoms with E-state index in [0.717, 1.165) is 16.7 Å². The van der Waals surface area contributed by atoms with Gasteiger partial charge in [0.2, 0.25) is 0 Å². The van der Waals surface area contributed by atoms with Gasteiger partial charge >= 0.3 is 0 Å². The summed E-state index contributed by atoms with van der Waals surface area (Å²) in [5, 5.41) is 11.9. The molecule has 0 saturated carbocycles. The van der Waals surface area contributed by atoms with Crippen LogP contribution in [0.5, 0.6) is 0 Å². The van der Waals surface area contributed by atoms with E-state index in [1.165, 1.54) is 0 Å². The lowest BCUT2D eigenvalue weighted by atomic mass is 10.2. The average molecular weight is 249 g/mol. The lowest BCUT2D eigenvalue weighted by Crippen LogP contribution is -2.00. The lowest BCUT2D eigenvalue weighted by Gasteiger charge is -2.04. The highest BCUT2D eigenvalue weighted by atomic mass is 79.9. The molecule has 0 bridgehead atoms. The van der Waals surface area contributed by atoms with Gasteiger partial charge in [-0.1, -0.05) is 0 Å². The van der Waals surface area contributed by atoms with Gasteiger partial charge in [-0.15, -0.1) is 12.3 Å². The summed E-state index contributed by atoms with van der Waals surface area (Å²) in [6.07, 6.45) is 5.82. The molecule has 0 heterocycles. The third kappa shape index (κ3) is 2.80. The van der Waals surface area contributed by atoms with Crippen molar-refractivity contribution in [3.63, 3.8) is 0 Å². The van der Waals surface area contributed by atoms with Gasteiger partial charge in [0, 0.05) is 23.1 Å². The van der Waals surface area contributed by atoms with Crippen molar-refractivity contribution in [2.75, 3.05) is 11.9 Å². The number of nitriles is 1. The maximum absolute atomic E-state index is 8.70. The van der Waals surface area contributed by atoms with Crippen LogP contribution in [0.4, 0.5) is 5.69 Å². The van der Waals surface area contributed by atoms with Crippen LogP contribution in [-0.4, -0.2) is 6.54 Å². The molecule has 0 fully saturated rings. The molecule has 0 aliphatic heterocycles. The molecule has 0 aromatic heterocycles. The zero-order valence-corrected chi connectivity index (χ0v) is 9.13. The van der Waals surface area contributed by atoms with Crippen molar-refractivity contribution in [3.05, 3.63) is 28.2 Å². The molecule has 0 aliphatic rings. The van der Waals surface area contributed by atoms with Crippen molar-refractivity contribution in [1.82, 2.24) is 0 Å². The predicted molar refractivity (Wildman–Crippen MR) is 60.8 cm³/mol. The number of halogens is 1. The zero-order valence-electron chi connectivity index (χ0n) is 7.55. The number of nitrogens with one attached hydrogen (secondary N) is 1. The highest BCUT2D eigenvalue weighted by molar-refractivity contribution is 9.10. The summed E-state index contributed by atoms with van der Waals surface area (Å²) in [6.45, 7) is 0.745. The van der Waals surface area contributed by atoms with E-state index in [1.807, 2.05) is 12.1 Å². The van der Waals surface area contributed by atoms with Gasteiger partial charge in [0.1, 0.15) is 6.07 Å². The van der Waals surface area contributed by atoms with E-state index in [-0.39, 0.29) is 0 Å². The smallest absolute Gasteiger partial charge is 0.100 e. The summed E-state index contributed by atoms with van der Waals surface area (Å²) in [7, 11) is 0. The minimum atomic E-state index is 0.632. The third-order valence-electron chi connectivity index (χ3n) is 1.69. The van der Waals surface area contributed by atoms with Crippen LogP contribution in [0.1, 0.15) is 12.0 Å². The summed E-state index contributed by atoms with van der Waals surface area (Å²) in [5.74, 6) is 2.55. The molecular weight excluding hydrogens is 240 g/mol. The van der Waals surface area contributed by atoms with E-state index in [2.05, 4.69) is 33.2 Å². The van der Waals surface area contributed by atoms with Crippen molar-refractivity contribution < 1.29 is 0 Å². The largest absolute Gasteiger partial charge is 0.384 e. The van der Waals surface area contributed by atoms with Crippen molar-refractivity contribution in [1.29, 1.82) is 5.26 Å². The van der Waals surface area contributed by atoms with Crippen molar-refractivity contribution in [2.45, 2.75) is 6.42 Å². The van der Waals surface area contributed by atoms with Gasteiger partial charge in [0.25, 0.3) is 0 Å². The maximum atomic E-state index is 8.70. The van der Waals surface area contributed by atoms with Crippen molar-refractivity contribution in [2.24, 2.45) is 0 Å². The van der Waals surface area contributed by atoms with Gasteiger partial charge in [-0.05, 0) is 34.1 Å². The van der Waals surface area contributed by atoms with Crippen molar-refractivity contribution in [3.8, 4) is 18.4 Å². The SMILES string of the molecule is C#CCCNc1ccc(C#N)c(Br)c1. The number of benzene rings is 1. The summed E-state index contributed by atoms with van der Waals surface area (Å²) in [4.78, 5) is 0. The molecule has 2 nitrogen and oxygen atoms in total. The Hall–Kier alpha value is -1.45. The van der Waals surface area contributed by atoms with Crippen molar-refractivity contribution >= 4 is 21.6 Å². The number of hydrogen-bond acceptors (Lipinski definition) is 2. The standard InChI is InChI=1S/C11H9BrN2/c1-2-3-6-14-10-5-4-9(8-13)11(12)7-10/h1,4-5,7,14H,3,6H2. The molecule has 70 valence electrons. The molecule has 0 spiro atoms. The van der Waals surface area contributed by atoms with Crippen LogP contribution >= 0.6 is 15.9 Å². The minimum Gasteiger partial charge on any atom is -0.384 e. The molecule has 1 N–H and O–H groups in total. The first-order valence-electron chi connectivity index (χ1n) is 4.15. The summed E-state index contributed by atoms with van der Waals surface area (Å²) in [5.41, 5.74) is 1.60. The average Bonchev–Trinajstić information content (AvgIpc) is 2.18. The molecular formula is C11H9BrN2. The van der Waals surface area contributed by atoms with E-state index >= 15 is 0 Å². The van der Waals surface area contributed by atoms with Crippen LogP contribution in [-0.2, 0) is 0 Å². The molecule has 0 amide bonds. The molecule has 14 heavy (non-hydrogen) atoms. The second-order valence-electron chi connectivity index (χ2n) is 2.69.